The summed E-state index contributed by atoms with van der Waals surface area (Å²) in [7, 11) is 0. The Balaban J connectivity index is 0. The van der Waals surface area contributed by atoms with Crippen molar-refractivity contribution in [2.75, 3.05) is 0 Å². The van der Waals surface area contributed by atoms with Gasteiger partial charge in [0.2, 0.25) is 0 Å². The molecular weight excluding hydrogens is 138 g/mol. The number of carboxylic acids is 2. The van der Waals surface area contributed by atoms with Gasteiger partial charge in [-0.3, -0.25) is 0 Å². The molecule has 0 amide bonds. The maximum atomic E-state index is 12.1. The Hall–Kier alpha value is -0.533. The molecule has 0 bridgehead atoms. The van der Waals surface area contributed by atoms with E-state index in [2.05, 4.69) is 0 Å². The molecule has 0 fully saturated rings. The first-order valence-corrected chi connectivity index (χ1v) is 2.04. The van der Waals surface area contributed by atoms with Crippen LogP contribution in [0.1, 0.15) is 6.92 Å². The predicted molar refractivity (Wildman–Crippen MR) is 31.9 cm³/mol. The number of rotatable bonds is 2. The molecule has 0 aliphatic carbocycles. The first-order chi connectivity index (χ1) is 3.89. The number of aliphatic carboxylic acids is 2. The van der Waals surface area contributed by atoms with E-state index in [-0.39, 0.29) is 18.9 Å². The van der Waals surface area contributed by atoms with Gasteiger partial charge in [-0.1, -0.05) is 0 Å². The standard InChI is InChI=1S/C4H5FO4.Li.H/c1-4(5,2(6)7)3(8)9;;/h1H3,(H,6,7)(H,8,9);;. The molecule has 0 saturated heterocycles. The van der Waals surface area contributed by atoms with Crippen LogP contribution < -0.4 is 0 Å². The number of hydrogen-bond acceptors (Lipinski definition) is 2. The zero-order valence-electron chi connectivity index (χ0n) is 4.59. The van der Waals surface area contributed by atoms with E-state index in [1.165, 1.54) is 0 Å². The summed E-state index contributed by atoms with van der Waals surface area (Å²) in [4.78, 5) is 19.4. The molecule has 0 rings (SSSR count). The SMILES string of the molecule is CC(F)(C(=O)O)C(=O)O.[LiH]. The van der Waals surface area contributed by atoms with Crippen LogP contribution in [0.4, 0.5) is 4.39 Å². The summed E-state index contributed by atoms with van der Waals surface area (Å²) >= 11 is 0. The first kappa shape index (κ1) is 12.2. The van der Waals surface area contributed by atoms with Crippen molar-refractivity contribution in [2.45, 2.75) is 12.6 Å². The van der Waals surface area contributed by atoms with Crippen molar-refractivity contribution in [2.24, 2.45) is 0 Å². The number of alkyl halides is 1. The average molecular weight is 144 g/mol. The van der Waals surface area contributed by atoms with Gasteiger partial charge in [0.25, 0.3) is 5.67 Å². The summed E-state index contributed by atoms with van der Waals surface area (Å²) in [6, 6.07) is 0. The molecule has 0 atom stereocenters. The zero-order chi connectivity index (χ0) is 7.65. The second-order valence-electron chi connectivity index (χ2n) is 1.61. The van der Waals surface area contributed by atoms with Crippen LogP contribution in [-0.4, -0.2) is 46.7 Å². The predicted octanol–water partition coefficient (Wildman–Crippen LogP) is -0.765. The van der Waals surface area contributed by atoms with Crippen molar-refractivity contribution >= 4 is 30.8 Å². The van der Waals surface area contributed by atoms with Crippen LogP contribution in [0.2, 0.25) is 0 Å². The minimum absolute atomic E-state index is 0. The first-order valence-electron chi connectivity index (χ1n) is 2.04. The number of carbonyl (C=O) groups is 2. The summed E-state index contributed by atoms with van der Waals surface area (Å²) in [5, 5.41) is 15.7. The number of halogens is 1. The Morgan fingerprint density at radius 2 is 1.50 bits per heavy atom. The average Bonchev–Trinajstić information content (AvgIpc) is 1.65. The summed E-state index contributed by atoms with van der Waals surface area (Å²) in [5.74, 6) is -3.98. The molecule has 0 heterocycles. The Morgan fingerprint density at radius 1 is 1.30 bits per heavy atom. The molecule has 0 aromatic heterocycles. The van der Waals surface area contributed by atoms with Gasteiger partial charge in [-0.2, -0.15) is 0 Å². The van der Waals surface area contributed by atoms with Crippen LogP contribution in [-0.2, 0) is 9.59 Å². The molecule has 0 aromatic carbocycles. The van der Waals surface area contributed by atoms with Crippen LogP contribution in [0.15, 0.2) is 0 Å². The fraction of sp³-hybridized carbons (Fsp3) is 0.500. The molecule has 0 aliphatic rings. The second-order valence-corrected chi connectivity index (χ2v) is 1.61. The van der Waals surface area contributed by atoms with Gasteiger partial charge in [0.1, 0.15) is 0 Å². The molecule has 0 spiro atoms. The Labute approximate surface area is 68.2 Å². The van der Waals surface area contributed by atoms with Gasteiger partial charge in [0.05, 0.1) is 0 Å². The van der Waals surface area contributed by atoms with Crippen molar-refractivity contribution in [3.8, 4) is 0 Å². The third-order valence-electron chi connectivity index (χ3n) is 0.803. The summed E-state index contributed by atoms with van der Waals surface area (Å²) in [6.45, 7) is 0.470. The zero-order valence-corrected chi connectivity index (χ0v) is 4.59. The van der Waals surface area contributed by atoms with Crippen molar-refractivity contribution in [3.05, 3.63) is 0 Å². The molecule has 0 aliphatic heterocycles. The van der Waals surface area contributed by atoms with Crippen LogP contribution in [0.3, 0.4) is 0 Å². The molecule has 54 valence electrons. The van der Waals surface area contributed by atoms with Gasteiger partial charge in [-0.15, -0.1) is 0 Å². The van der Waals surface area contributed by atoms with E-state index in [0.717, 1.165) is 0 Å². The van der Waals surface area contributed by atoms with E-state index in [1.807, 2.05) is 0 Å². The van der Waals surface area contributed by atoms with Crippen molar-refractivity contribution in [3.63, 3.8) is 0 Å². The van der Waals surface area contributed by atoms with Gasteiger partial charge in [0, 0.05) is 0 Å². The molecule has 0 aromatic rings. The van der Waals surface area contributed by atoms with Crippen LogP contribution in [0.25, 0.3) is 0 Å². The van der Waals surface area contributed by atoms with Crippen LogP contribution in [0, 0.1) is 0 Å². The third-order valence-corrected chi connectivity index (χ3v) is 0.803. The van der Waals surface area contributed by atoms with Crippen LogP contribution in [0.5, 0.6) is 0 Å². The van der Waals surface area contributed by atoms with Gasteiger partial charge in [-0.25, -0.2) is 14.0 Å². The van der Waals surface area contributed by atoms with E-state index < -0.39 is 17.6 Å². The number of hydrogen-bond donors (Lipinski definition) is 2. The molecule has 6 heteroatoms. The van der Waals surface area contributed by atoms with E-state index in [4.69, 9.17) is 10.2 Å². The van der Waals surface area contributed by atoms with Crippen molar-refractivity contribution in [1.82, 2.24) is 0 Å². The summed E-state index contributed by atoms with van der Waals surface area (Å²) in [5.41, 5.74) is -3.17. The van der Waals surface area contributed by atoms with E-state index in [9.17, 15) is 14.0 Å². The molecular formula is C4H6FLiO4. The molecule has 0 radical (unpaired) electrons. The van der Waals surface area contributed by atoms with E-state index >= 15 is 0 Å². The Morgan fingerprint density at radius 3 is 1.50 bits per heavy atom. The van der Waals surface area contributed by atoms with Gasteiger partial charge >= 0.3 is 30.8 Å². The Kier molecular flexibility index (Phi) is 4.37. The van der Waals surface area contributed by atoms with Crippen LogP contribution >= 0.6 is 0 Å². The summed E-state index contributed by atoms with van der Waals surface area (Å²) in [6.07, 6.45) is 0. The van der Waals surface area contributed by atoms with E-state index in [0.29, 0.717) is 6.92 Å². The quantitative estimate of drug-likeness (QED) is 0.394. The van der Waals surface area contributed by atoms with Gasteiger partial charge in [0.15, 0.2) is 0 Å². The van der Waals surface area contributed by atoms with Crippen molar-refractivity contribution in [1.29, 1.82) is 0 Å². The minimum atomic E-state index is -3.17. The third kappa shape index (κ3) is 2.38. The topological polar surface area (TPSA) is 74.6 Å². The van der Waals surface area contributed by atoms with E-state index in [1.54, 1.807) is 0 Å². The fourth-order valence-electron chi connectivity index (χ4n) is 0.0915. The molecule has 0 unspecified atom stereocenters. The van der Waals surface area contributed by atoms with Gasteiger partial charge < -0.3 is 10.2 Å². The second kappa shape index (κ2) is 3.59. The summed E-state index contributed by atoms with van der Waals surface area (Å²) < 4.78 is 12.1. The monoisotopic (exact) mass is 144 g/mol. The Bertz CT molecular complexity index is 139. The fourth-order valence-corrected chi connectivity index (χ4v) is 0.0915. The molecule has 10 heavy (non-hydrogen) atoms. The number of carboxylic acid groups (broad SMARTS) is 2. The molecule has 4 nitrogen and oxygen atoms in total. The van der Waals surface area contributed by atoms with Crippen molar-refractivity contribution < 1.29 is 24.2 Å². The normalized spacial score (nSPS) is 9.80. The maximum absolute atomic E-state index is 12.1. The molecule has 2 N–H and O–H groups in total. The van der Waals surface area contributed by atoms with Gasteiger partial charge in [-0.05, 0) is 6.92 Å². The molecule has 0 saturated carbocycles.